The van der Waals surface area contributed by atoms with Crippen LogP contribution < -0.4 is 0 Å². The number of hydrogen-bond donors (Lipinski definition) is 0. The van der Waals surface area contributed by atoms with Gasteiger partial charge in [-0.3, -0.25) is 0 Å². The van der Waals surface area contributed by atoms with Gasteiger partial charge in [-0.1, -0.05) is 0 Å². The van der Waals surface area contributed by atoms with Crippen molar-refractivity contribution < 1.29 is 0 Å². The SMILES string of the molecule is CN1C(C)(C)C[CH]([SnH])CC1(C)C. The average Bonchev–Trinajstić information content (AvgIpc) is 1.80. The van der Waals surface area contributed by atoms with Crippen LogP contribution in [0.25, 0.3) is 0 Å². The van der Waals surface area contributed by atoms with E-state index in [-0.39, 0.29) is 0 Å². The van der Waals surface area contributed by atoms with Crippen molar-refractivity contribution in [1.82, 2.24) is 4.90 Å². The van der Waals surface area contributed by atoms with Gasteiger partial charge in [-0.25, -0.2) is 0 Å². The summed E-state index contributed by atoms with van der Waals surface area (Å²) in [7, 11) is 2.27. The molecule has 1 heterocycles. The van der Waals surface area contributed by atoms with E-state index >= 15 is 0 Å². The normalized spacial score (nSPS) is 30.5. The van der Waals surface area contributed by atoms with Gasteiger partial charge in [0.15, 0.2) is 0 Å². The van der Waals surface area contributed by atoms with Gasteiger partial charge in [-0.2, -0.15) is 0 Å². The van der Waals surface area contributed by atoms with Gasteiger partial charge in [0.2, 0.25) is 0 Å². The number of rotatable bonds is 0. The third-order valence-corrected chi connectivity index (χ3v) is 4.68. The fraction of sp³-hybridized carbons (Fsp3) is 1.00. The van der Waals surface area contributed by atoms with E-state index in [1.54, 1.807) is 0 Å². The van der Waals surface area contributed by atoms with Gasteiger partial charge in [0.1, 0.15) is 0 Å². The molecule has 0 spiro atoms. The van der Waals surface area contributed by atoms with Gasteiger partial charge in [0.05, 0.1) is 0 Å². The van der Waals surface area contributed by atoms with Crippen molar-refractivity contribution in [2.45, 2.75) is 55.5 Å². The molecule has 2 radical (unpaired) electrons. The molecule has 0 aromatic heterocycles. The Hall–Kier alpha value is 0.759. The molecule has 70 valence electrons. The molecule has 0 bridgehead atoms. The van der Waals surface area contributed by atoms with Crippen molar-refractivity contribution in [1.29, 1.82) is 0 Å². The van der Waals surface area contributed by atoms with Gasteiger partial charge < -0.3 is 0 Å². The second-order valence-corrected chi connectivity index (χ2v) is 8.04. The van der Waals surface area contributed by atoms with Gasteiger partial charge >= 0.3 is 90.0 Å². The van der Waals surface area contributed by atoms with Crippen molar-refractivity contribution in [2.75, 3.05) is 7.05 Å². The summed E-state index contributed by atoms with van der Waals surface area (Å²) in [5.41, 5.74) is 0.817. The number of hydrogen-bond acceptors (Lipinski definition) is 1. The Morgan fingerprint density at radius 2 is 1.42 bits per heavy atom. The summed E-state index contributed by atoms with van der Waals surface area (Å²) < 4.78 is 0.997. The zero-order chi connectivity index (χ0) is 9.57. The van der Waals surface area contributed by atoms with Crippen LogP contribution in [-0.2, 0) is 0 Å². The summed E-state index contributed by atoms with van der Waals surface area (Å²) in [5.74, 6) is 0. The zero-order valence-corrected chi connectivity index (χ0v) is 12.3. The first-order chi connectivity index (χ1) is 5.26. The molecule has 1 aliphatic heterocycles. The van der Waals surface area contributed by atoms with Crippen LogP contribution in [-0.4, -0.2) is 45.6 Å². The van der Waals surface area contributed by atoms with Crippen LogP contribution in [0.1, 0.15) is 40.5 Å². The molecule has 1 nitrogen and oxygen atoms in total. The molecule has 0 atom stereocenters. The summed E-state index contributed by atoms with van der Waals surface area (Å²) in [6.07, 6.45) is 2.77. The van der Waals surface area contributed by atoms with Gasteiger partial charge in [0, 0.05) is 0 Å². The van der Waals surface area contributed by atoms with Crippen LogP contribution in [0.15, 0.2) is 0 Å². The van der Waals surface area contributed by atoms with Crippen molar-refractivity contribution in [3.63, 3.8) is 0 Å². The molecule has 0 unspecified atom stereocenters. The number of likely N-dealkylation sites (tertiary alicyclic amines) is 1. The zero-order valence-electron chi connectivity index (χ0n) is 9.02. The fourth-order valence-electron chi connectivity index (χ4n) is 2.45. The van der Waals surface area contributed by atoms with E-state index in [1.165, 1.54) is 35.4 Å². The van der Waals surface area contributed by atoms with E-state index in [0.717, 1.165) is 3.93 Å². The Labute approximate surface area is 90.0 Å². The summed E-state index contributed by atoms with van der Waals surface area (Å²) in [5, 5.41) is 0. The van der Waals surface area contributed by atoms with Gasteiger partial charge in [-0.05, 0) is 0 Å². The van der Waals surface area contributed by atoms with Gasteiger partial charge in [0.25, 0.3) is 0 Å². The van der Waals surface area contributed by atoms with Crippen LogP contribution in [0.3, 0.4) is 0 Å². The van der Waals surface area contributed by atoms with E-state index in [2.05, 4.69) is 39.6 Å². The van der Waals surface area contributed by atoms with Crippen molar-refractivity contribution in [3.05, 3.63) is 0 Å². The monoisotopic (exact) mass is 275 g/mol. The molecule has 0 N–H and O–H groups in total. The van der Waals surface area contributed by atoms with Crippen molar-refractivity contribution in [2.24, 2.45) is 0 Å². The third kappa shape index (κ3) is 1.98. The van der Waals surface area contributed by atoms with Crippen molar-refractivity contribution in [3.8, 4) is 0 Å². The maximum atomic E-state index is 2.55. The van der Waals surface area contributed by atoms with Crippen LogP contribution in [0, 0.1) is 0 Å². The molecule has 1 saturated heterocycles. The number of piperidine rings is 1. The quantitative estimate of drug-likeness (QED) is 0.610. The van der Waals surface area contributed by atoms with E-state index in [9.17, 15) is 0 Å². The fourth-order valence-corrected chi connectivity index (χ4v) is 5.74. The molecule has 0 aromatic rings. The van der Waals surface area contributed by atoms with E-state index < -0.39 is 0 Å². The first kappa shape index (κ1) is 10.8. The summed E-state index contributed by atoms with van der Waals surface area (Å²) in [6, 6.07) is 0. The molecular weight excluding hydrogens is 253 g/mol. The van der Waals surface area contributed by atoms with Crippen LogP contribution >= 0.6 is 0 Å². The summed E-state index contributed by atoms with van der Waals surface area (Å²) in [6.45, 7) is 9.49. The second kappa shape index (κ2) is 3.16. The Morgan fingerprint density at radius 1 is 1.08 bits per heavy atom. The molecule has 0 amide bonds. The Kier molecular flexibility index (Phi) is 2.85. The maximum absolute atomic E-state index is 2.55. The first-order valence-corrected chi connectivity index (χ1v) is 6.65. The summed E-state index contributed by atoms with van der Waals surface area (Å²) >= 11 is 1.42. The summed E-state index contributed by atoms with van der Waals surface area (Å²) in [4.78, 5) is 2.55. The molecular formula is C10H21NSn. The average molecular weight is 274 g/mol. The molecule has 1 fully saturated rings. The molecule has 2 heteroatoms. The van der Waals surface area contributed by atoms with Crippen LogP contribution in [0.4, 0.5) is 0 Å². The Balaban J connectivity index is 2.84. The van der Waals surface area contributed by atoms with Crippen LogP contribution in [0.5, 0.6) is 0 Å². The predicted molar refractivity (Wildman–Crippen MR) is 56.1 cm³/mol. The Morgan fingerprint density at radius 3 is 1.75 bits per heavy atom. The first-order valence-electron chi connectivity index (χ1n) is 4.75. The molecule has 0 saturated carbocycles. The molecule has 0 aromatic carbocycles. The minimum absolute atomic E-state index is 0.409. The van der Waals surface area contributed by atoms with Gasteiger partial charge in [-0.15, -0.1) is 0 Å². The molecule has 0 aliphatic carbocycles. The number of nitrogens with zero attached hydrogens (tertiary/aromatic N) is 1. The third-order valence-electron chi connectivity index (χ3n) is 3.34. The van der Waals surface area contributed by atoms with E-state index in [0.29, 0.717) is 11.1 Å². The standard InChI is InChI=1S/C10H20N.Sn.H/c1-9(2)7-6-8-10(3,4)11(9)5;;/h6H,7-8H2,1-5H3;;. The predicted octanol–water partition coefficient (Wildman–Crippen LogP) is 1.96. The minimum atomic E-state index is 0.409. The van der Waals surface area contributed by atoms with Crippen LogP contribution in [0.2, 0.25) is 3.93 Å². The molecule has 1 rings (SSSR count). The van der Waals surface area contributed by atoms with E-state index in [4.69, 9.17) is 0 Å². The molecule has 1 aliphatic rings. The van der Waals surface area contributed by atoms with Crippen molar-refractivity contribution >= 4 is 22.5 Å². The van der Waals surface area contributed by atoms with E-state index in [1.807, 2.05) is 0 Å². The second-order valence-electron chi connectivity index (χ2n) is 5.35. The molecule has 12 heavy (non-hydrogen) atoms. The topological polar surface area (TPSA) is 3.24 Å². The Bertz CT molecular complexity index is 157.